The van der Waals surface area contributed by atoms with Gasteiger partial charge in [-0.1, -0.05) is 170 Å². The molecule has 3 aliphatic carbocycles. The van der Waals surface area contributed by atoms with Crippen LogP contribution in [0, 0.1) is 5.92 Å². The molecule has 0 saturated carbocycles. The molecule has 1 aromatic heterocycles. The Morgan fingerprint density at radius 1 is 0.460 bits per heavy atom. The third kappa shape index (κ3) is 6.09. The fourth-order valence-corrected chi connectivity index (χ4v) is 10.9. The van der Waals surface area contributed by atoms with Crippen molar-refractivity contribution in [3.05, 3.63) is 253 Å². The third-order valence-corrected chi connectivity index (χ3v) is 13.7. The number of fused-ring (bicyclic) bond motifs is 6. The smallest absolute Gasteiger partial charge is 0.0541 e. The number of para-hydroxylation sites is 2. The molecule has 2 heteroatoms. The zero-order valence-electron chi connectivity index (χ0n) is 35.1. The van der Waals surface area contributed by atoms with Gasteiger partial charge in [0.15, 0.2) is 0 Å². The number of hydrogen-bond acceptors (Lipinski definition) is 1. The summed E-state index contributed by atoms with van der Waals surface area (Å²) in [5.41, 5.74) is 18.4. The maximum Gasteiger partial charge on any atom is 0.0541 e. The van der Waals surface area contributed by atoms with Gasteiger partial charge in [0.25, 0.3) is 0 Å². The monoisotopic (exact) mass is 806 g/mol. The van der Waals surface area contributed by atoms with Gasteiger partial charge in [-0.25, -0.2) is 0 Å². The summed E-state index contributed by atoms with van der Waals surface area (Å²) in [6.45, 7) is 0. The third-order valence-electron chi connectivity index (χ3n) is 13.7. The van der Waals surface area contributed by atoms with Crippen molar-refractivity contribution in [2.24, 2.45) is 5.92 Å². The van der Waals surface area contributed by atoms with Gasteiger partial charge in [0.2, 0.25) is 0 Å². The molecule has 300 valence electrons. The van der Waals surface area contributed by atoms with Crippen LogP contribution in [0.5, 0.6) is 0 Å². The molecule has 12 rings (SSSR count). The predicted molar refractivity (Wildman–Crippen MR) is 265 cm³/mol. The molecule has 1 heterocycles. The van der Waals surface area contributed by atoms with Crippen LogP contribution < -0.4 is 4.90 Å². The summed E-state index contributed by atoms with van der Waals surface area (Å²) in [4.78, 5) is 2.45. The minimum absolute atomic E-state index is 0.283. The first kappa shape index (κ1) is 37.1. The Kier molecular flexibility index (Phi) is 9.04. The topological polar surface area (TPSA) is 8.17 Å². The maximum absolute atomic E-state index is 2.51. The lowest BCUT2D eigenvalue weighted by Crippen LogP contribution is -2.36. The first-order chi connectivity index (χ1) is 31.3. The summed E-state index contributed by atoms with van der Waals surface area (Å²) >= 11 is 0. The number of benzene rings is 8. The molecule has 0 N–H and O–H groups in total. The fourth-order valence-electron chi connectivity index (χ4n) is 10.9. The van der Waals surface area contributed by atoms with E-state index < -0.39 is 0 Å². The Morgan fingerprint density at radius 2 is 1.10 bits per heavy atom. The summed E-state index contributed by atoms with van der Waals surface area (Å²) < 4.78 is 2.38. The molecule has 9 aromatic rings. The van der Waals surface area contributed by atoms with Gasteiger partial charge in [-0.3, -0.25) is 0 Å². The zero-order chi connectivity index (χ0) is 41.7. The van der Waals surface area contributed by atoms with E-state index in [2.05, 4.69) is 246 Å². The van der Waals surface area contributed by atoms with Gasteiger partial charge in [0.1, 0.15) is 0 Å². The number of anilines is 3. The lowest BCUT2D eigenvalue weighted by Gasteiger charge is -2.41. The first-order valence-electron chi connectivity index (χ1n) is 22.4. The van der Waals surface area contributed by atoms with E-state index in [0.717, 1.165) is 36.3 Å². The molecule has 2 nitrogen and oxygen atoms in total. The second-order valence-electron chi connectivity index (χ2n) is 17.1. The fraction of sp³-hybridized carbons (Fsp3) is 0.0820. The van der Waals surface area contributed by atoms with Crippen molar-refractivity contribution in [3.8, 4) is 39.1 Å². The van der Waals surface area contributed by atoms with Crippen LogP contribution >= 0.6 is 0 Å². The number of aromatic nitrogens is 1. The molecular formula is C61H46N2. The molecule has 0 bridgehead atoms. The van der Waals surface area contributed by atoms with Crippen molar-refractivity contribution in [1.82, 2.24) is 4.57 Å². The van der Waals surface area contributed by atoms with Crippen molar-refractivity contribution in [2.45, 2.75) is 24.7 Å². The highest BCUT2D eigenvalue weighted by Crippen LogP contribution is 2.60. The summed E-state index contributed by atoms with van der Waals surface area (Å²) in [6.07, 6.45) is 19.7. The van der Waals surface area contributed by atoms with E-state index in [0.29, 0.717) is 0 Å². The number of nitrogens with zero attached hydrogens (tertiary/aromatic N) is 2. The molecule has 0 amide bonds. The molecule has 0 radical (unpaired) electrons. The number of hydrogen-bond donors (Lipinski definition) is 0. The molecule has 0 spiro atoms. The number of allylic oxidation sites excluding steroid dienone is 8. The number of rotatable bonds is 8. The van der Waals surface area contributed by atoms with E-state index in [9.17, 15) is 0 Å². The predicted octanol–water partition coefficient (Wildman–Crippen LogP) is 16.3. The van der Waals surface area contributed by atoms with Crippen LogP contribution in [0.3, 0.4) is 0 Å². The van der Waals surface area contributed by atoms with E-state index in [1.165, 1.54) is 77.6 Å². The van der Waals surface area contributed by atoms with Crippen molar-refractivity contribution >= 4 is 38.9 Å². The summed E-state index contributed by atoms with van der Waals surface area (Å²) in [6, 6.07) is 71.7. The highest BCUT2D eigenvalue weighted by molar-refractivity contribution is 6.10. The van der Waals surface area contributed by atoms with Crippen LogP contribution in [-0.2, 0) is 5.41 Å². The molecule has 0 aliphatic heterocycles. The molecule has 0 fully saturated rings. The van der Waals surface area contributed by atoms with Gasteiger partial charge in [0.05, 0.1) is 16.4 Å². The van der Waals surface area contributed by atoms with Gasteiger partial charge in [-0.05, 0) is 142 Å². The zero-order valence-corrected chi connectivity index (χ0v) is 35.1. The highest BCUT2D eigenvalue weighted by Gasteiger charge is 2.50. The summed E-state index contributed by atoms with van der Waals surface area (Å²) in [7, 11) is 0. The molecule has 2 unspecified atom stereocenters. The molecule has 63 heavy (non-hydrogen) atoms. The summed E-state index contributed by atoms with van der Waals surface area (Å²) in [5.74, 6) is 0.283. The highest BCUT2D eigenvalue weighted by atomic mass is 15.1. The first-order valence-corrected chi connectivity index (χ1v) is 22.4. The van der Waals surface area contributed by atoms with E-state index >= 15 is 0 Å². The van der Waals surface area contributed by atoms with Gasteiger partial charge >= 0.3 is 0 Å². The Hall–Kier alpha value is -7.68. The van der Waals surface area contributed by atoms with Crippen LogP contribution in [0.15, 0.2) is 242 Å². The molecule has 0 saturated heterocycles. The van der Waals surface area contributed by atoms with Crippen molar-refractivity contribution in [2.75, 3.05) is 4.90 Å². The van der Waals surface area contributed by atoms with Crippen molar-refractivity contribution in [1.29, 1.82) is 0 Å². The second kappa shape index (κ2) is 15.3. The van der Waals surface area contributed by atoms with E-state index in [-0.39, 0.29) is 11.3 Å². The van der Waals surface area contributed by atoms with Crippen molar-refractivity contribution < 1.29 is 0 Å². The van der Waals surface area contributed by atoms with Crippen LogP contribution in [0.25, 0.3) is 60.9 Å². The SMILES string of the molecule is C1=CCC(C2(C3=CCCC=C3)c3ccccc3-c3ccc(N(c4ccc(-c5ccccc5)cc4)c4ccc(-c5ccc6c(c5)c5ccccc5n6-c5ccccc5)cc4)cc32)C=C1. The second-order valence-corrected chi connectivity index (χ2v) is 17.1. The average molecular weight is 807 g/mol. The van der Waals surface area contributed by atoms with Gasteiger partial charge in [-0.2, -0.15) is 0 Å². The average Bonchev–Trinajstić information content (AvgIpc) is 3.86. The maximum atomic E-state index is 2.51. The minimum atomic E-state index is -0.310. The van der Waals surface area contributed by atoms with E-state index in [4.69, 9.17) is 0 Å². The van der Waals surface area contributed by atoms with Crippen LogP contribution in [0.1, 0.15) is 30.4 Å². The Bertz CT molecular complexity index is 3290. The molecule has 8 aromatic carbocycles. The summed E-state index contributed by atoms with van der Waals surface area (Å²) in [5, 5.41) is 2.51. The van der Waals surface area contributed by atoms with E-state index in [1.54, 1.807) is 0 Å². The van der Waals surface area contributed by atoms with Gasteiger partial charge in [0, 0.05) is 33.5 Å². The van der Waals surface area contributed by atoms with Gasteiger partial charge < -0.3 is 9.47 Å². The lowest BCUT2D eigenvalue weighted by atomic mass is 9.61. The van der Waals surface area contributed by atoms with Crippen LogP contribution in [0.4, 0.5) is 17.1 Å². The van der Waals surface area contributed by atoms with E-state index in [1.807, 2.05) is 0 Å². The quantitative estimate of drug-likeness (QED) is 0.148. The normalized spacial score (nSPS) is 17.5. The van der Waals surface area contributed by atoms with Gasteiger partial charge in [-0.15, -0.1) is 0 Å². The standard InChI is InChI=1S/C61H46N2/c1-5-17-43(18-6-1)44-29-34-50(35-30-44)62(51-36-31-45(32-37-51)46-33-40-60-56(41-46)55-26-14-16-28-59(55)63(60)49-23-11-4-12-24-49)52-38-39-54-53-25-13-15-27-57(53)61(58(54)42-52,47-19-7-2-8-20-47)48-21-9-3-10-22-48/h1-2,4-9,11-19,21-42,47H,3,10,20H2. The molecule has 2 atom stereocenters. The Morgan fingerprint density at radius 3 is 1.84 bits per heavy atom. The molecular weight excluding hydrogens is 761 g/mol. The largest absolute Gasteiger partial charge is 0.310 e. The minimum Gasteiger partial charge on any atom is -0.310 e. The van der Waals surface area contributed by atoms with Crippen LogP contribution in [0.2, 0.25) is 0 Å². The Labute approximate surface area is 369 Å². The van der Waals surface area contributed by atoms with Crippen molar-refractivity contribution in [3.63, 3.8) is 0 Å². The molecule has 3 aliphatic rings. The van der Waals surface area contributed by atoms with Crippen LogP contribution in [-0.4, -0.2) is 4.57 Å². The Balaban J connectivity index is 1.00. The lowest BCUT2D eigenvalue weighted by molar-refractivity contribution is 0.454.